The number of rotatable bonds is 5. The van der Waals surface area contributed by atoms with Crippen LogP contribution >= 0.6 is 0 Å². The van der Waals surface area contributed by atoms with Crippen LogP contribution in [0.1, 0.15) is 19.5 Å². The molecule has 0 fully saturated rings. The van der Waals surface area contributed by atoms with E-state index in [0.29, 0.717) is 6.54 Å². The first kappa shape index (κ1) is 13.6. The van der Waals surface area contributed by atoms with E-state index in [-0.39, 0.29) is 6.10 Å². The zero-order chi connectivity index (χ0) is 13.7. The molecule has 0 aliphatic heterocycles. The highest BCUT2D eigenvalue weighted by Gasteiger charge is 2.02. The maximum absolute atomic E-state index is 5.63. The number of ether oxygens (including phenoxy) is 1. The Labute approximate surface area is 114 Å². The number of hydrogen-bond acceptors (Lipinski definition) is 3. The van der Waals surface area contributed by atoms with Crippen LogP contribution < -0.4 is 10.5 Å². The lowest BCUT2D eigenvalue weighted by Gasteiger charge is -2.10. The van der Waals surface area contributed by atoms with Gasteiger partial charge in [-0.15, -0.1) is 0 Å². The summed E-state index contributed by atoms with van der Waals surface area (Å²) in [5.74, 6) is 0.886. The molecule has 2 N–H and O–H groups in total. The molecule has 0 atom stereocenters. The van der Waals surface area contributed by atoms with Crippen molar-refractivity contribution in [1.29, 1.82) is 0 Å². The second kappa shape index (κ2) is 6.34. The second-order valence-electron chi connectivity index (χ2n) is 4.74. The Bertz CT molecular complexity index is 521. The first-order valence-corrected chi connectivity index (χ1v) is 6.62. The van der Waals surface area contributed by atoms with Gasteiger partial charge in [0, 0.05) is 17.7 Å². The topological polar surface area (TPSA) is 48.1 Å². The third kappa shape index (κ3) is 3.80. The molecule has 3 heteroatoms. The fourth-order valence-electron chi connectivity index (χ4n) is 1.90. The largest absolute Gasteiger partial charge is 0.491 e. The first-order valence-electron chi connectivity index (χ1n) is 6.62. The minimum atomic E-state index is 0.192. The van der Waals surface area contributed by atoms with Gasteiger partial charge in [0.05, 0.1) is 11.8 Å². The van der Waals surface area contributed by atoms with Crippen LogP contribution in [0.15, 0.2) is 42.5 Å². The smallest absolute Gasteiger partial charge is 0.119 e. The molecule has 0 amide bonds. The monoisotopic (exact) mass is 256 g/mol. The lowest BCUT2D eigenvalue weighted by atomic mass is 10.1. The average Bonchev–Trinajstić information content (AvgIpc) is 2.40. The zero-order valence-electron chi connectivity index (χ0n) is 11.5. The van der Waals surface area contributed by atoms with Gasteiger partial charge in [-0.25, -0.2) is 0 Å². The molecule has 0 aliphatic rings. The lowest BCUT2D eigenvalue weighted by Crippen LogP contribution is -2.05. The van der Waals surface area contributed by atoms with Gasteiger partial charge in [-0.1, -0.05) is 6.07 Å². The summed E-state index contributed by atoms with van der Waals surface area (Å²) in [7, 11) is 0. The summed E-state index contributed by atoms with van der Waals surface area (Å²) >= 11 is 0. The van der Waals surface area contributed by atoms with Crippen LogP contribution in [-0.2, 0) is 6.42 Å². The Morgan fingerprint density at radius 1 is 1.11 bits per heavy atom. The van der Waals surface area contributed by atoms with E-state index in [1.807, 2.05) is 56.3 Å². The summed E-state index contributed by atoms with van der Waals surface area (Å²) in [5, 5.41) is 0. The van der Waals surface area contributed by atoms with Gasteiger partial charge in [0.25, 0.3) is 0 Å². The standard InChI is InChI=1S/C16H20N2O/c1-12(2)19-15-8-6-13(7-9-15)16-5-3-4-14(18-16)10-11-17/h3-9,12H,10-11,17H2,1-2H3. The minimum Gasteiger partial charge on any atom is -0.491 e. The predicted molar refractivity (Wildman–Crippen MR) is 78.2 cm³/mol. The van der Waals surface area contributed by atoms with Crippen molar-refractivity contribution in [2.75, 3.05) is 6.54 Å². The van der Waals surface area contributed by atoms with Gasteiger partial charge in [0.1, 0.15) is 5.75 Å². The van der Waals surface area contributed by atoms with Crippen LogP contribution in [0, 0.1) is 0 Å². The average molecular weight is 256 g/mol. The van der Waals surface area contributed by atoms with Crippen molar-refractivity contribution in [2.24, 2.45) is 5.73 Å². The molecule has 0 radical (unpaired) electrons. The van der Waals surface area contributed by atoms with E-state index in [0.717, 1.165) is 29.1 Å². The summed E-state index contributed by atoms with van der Waals surface area (Å²) in [4.78, 5) is 4.60. The second-order valence-corrected chi connectivity index (χ2v) is 4.74. The maximum Gasteiger partial charge on any atom is 0.119 e. The molecule has 0 spiro atoms. The molecule has 0 bridgehead atoms. The van der Waals surface area contributed by atoms with Gasteiger partial charge in [-0.3, -0.25) is 4.98 Å². The Hall–Kier alpha value is -1.87. The van der Waals surface area contributed by atoms with Gasteiger partial charge in [0.2, 0.25) is 0 Å². The fourth-order valence-corrected chi connectivity index (χ4v) is 1.90. The number of pyridine rings is 1. The summed E-state index contributed by atoms with van der Waals surface area (Å²) in [6.45, 7) is 4.66. The van der Waals surface area contributed by atoms with Crippen molar-refractivity contribution < 1.29 is 4.74 Å². The normalized spacial score (nSPS) is 10.7. The van der Waals surface area contributed by atoms with Crippen molar-refractivity contribution >= 4 is 0 Å². The molecule has 1 aromatic carbocycles. The highest BCUT2D eigenvalue weighted by Crippen LogP contribution is 2.21. The highest BCUT2D eigenvalue weighted by molar-refractivity contribution is 5.60. The zero-order valence-corrected chi connectivity index (χ0v) is 11.5. The van der Waals surface area contributed by atoms with E-state index in [2.05, 4.69) is 4.98 Å². The third-order valence-electron chi connectivity index (χ3n) is 2.73. The van der Waals surface area contributed by atoms with Crippen LogP contribution in [0.25, 0.3) is 11.3 Å². The molecule has 0 unspecified atom stereocenters. The molecule has 19 heavy (non-hydrogen) atoms. The van der Waals surface area contributed by atoms with E-state index >= 15 is 0 Å². The van der Waals surface area contributed by atoms with Crippen LogP contribution in [0.2, 0.25) is 0 Å². The van der Waals surface area contributed by atoms with Crippen molar-refractivity contribution in [2.45, 2.75) is 26.4 Å². The van der Waals surface area contributed by atoms with Gasteiger partial charge < -0.3 is 10.5 Å². The fraction of sp³-hybridized carbons (Fsp3) is 0.312. The molecule has 100 valence electrons. The highest BCUT2D eigenvalue weighted by atomic mass is 16.5. The van der Waals surface area contributed by atoms with Crippen LogP contribution in [0.4, 0.5) is 0 Å². The maximum atomic E-state index is 5.63. The number of nitrogens with two attached hydrogens (primary N) is 1. The molecule has 3 nitrogen and oxygen atoms in total. The van der Waals surface area contributed by atoms with Crippen molar-refractivity contribution in [3.05, 3.63) is 48.2 Å². The summed E-state index contributed by atoms with van der Waals surface area (Å²) in [5.41, 5.74) is 8.66. The van der Waals surface area contributed by atoms with Crippen LogP contribution in [0.3, 0.4) is 0 Å². The molecule has 0 saturated carbocycles. The minimum absolute atomic E-state index is 0.192. The SMILES string of the molecule is CC(C)Oc1ccc(-c2cccc(CCN)n2)cc1. The molecular formula is C16H20N2O. The predicted octanol–water partition coefficient (Wildman–Crippen LogP) is 3.04. The van der Waals surface area contributed by atoms with E-state index in [9.17, 15) is 0 Å². The Kier molecular flexibility index (Phi) is 4.53. The van der Waals surface area contributed by atoms with Gasteiger partial charge in [0.15, 0.2) is 0 Å². The van der Waals surface area contributed by atoms with Crippen molar-refractivity contribution in [1.82, 2.24) is 4.98 Å². The van der Waals surface area contributed by atoms with E-state index in [1.165, 1.54) is 0 Å². The molecule has 0 saturated heterocycles. The number of hydrogen-bond donors (Lipinski definition) is 1. The molecule has 1 heterocycles. The van der Waals surface area contributed by atoms with Gasteiger partial charge in [-0.05, 0) is 56.8 Å². The van der Waals surface area contributed by atoms with Crippen molar-refractivity contribution in [3.63, 3.8) is 0 Å². The van der Waals surface area contributed by atoms with Crippen LogP contribution in [-0.4, -0.2) is 17.6 Å². The van der Waals surface area contributed by atoms with Gasteiger partial charge in [-0.2, -0.15) is 0 Å². The van der Waals surface area contributed by atoms with E-state index < -0.39 is 0 Å². The Morgan fingerprint density at radius 3 is 2.47 bits per heavy atom. The quantitative estimate of drug-likeness (QED) is 0.894. The number of benzene rings is 1. The number of aromatic nitrogens is 1. The lowest BCUT2D eigenvalue weighted by molar-refractivity contribution is 0.242. The van der Waals surface area contributed by atoms with E-state index in [1.54, 1.807) is 0 Å². The summed E-state index contributed by atoms with van der Waals surface area (Å²) < 4.78 is 5.63. The molecule has 0 aliphatic carbocycles. The summed E-state index contributed by atoms with van der Waals surface area (Å²) in [6, 6.07) is 14.1. The molecule has 2 rings (SSSR count). The van der Waals surface area contributed by atoms with E-state index in [4.69, 9.17) is 10.5 Å². The van der Waals surface area contributed by atoms with Gasteiger partial charge >= 0.3 is 0 Å². The first-order chi connectivity index (χ1) is 9.19. The number of nitrogens with zero attached hydrogens (tertiary/aromatic N) is 1. The summed E-state index contributed by atoms with van der Waals surface area (Å²) in [6.07, 6.45) is 0.999. The molecule has 1 aromatic heterocycles. The van der Waals surface area contributed by atoms with Crippen molar-refractivity contribution in [3.8, 4) is 17.0 Å². The van der Waals surface area contributed by atoms with Crippen LogP contribution in [0.5, 0.6) is 5.75 Å². The third-order valence-corrected chi connectivity index (χ3v) is 2.73. The molecule has 2 aromatic rings. The Balaban J connectivity index is 2.19. The Morgan fingerprint density at radius 2 is 1.84 bits per heavy atom. The molecular weight excluding hydrogens is 236 g/mol.